The molecule has 0 N–H and O–H groups in total. The van der Waals surface area contributed by atoms with Crippen LogP contribution < -0.4 is 4.90 Å². The van der Waals surface area contributed by atoms with E-state index in [1.54, 1.807) is 0 Å². The largest absolute Gasteiger partial charge is 0.369 e. The Morgan fingerprint density at radius 3 is 2.07 bits per heavy atom. The summed E-state index contributed by atoms with van der Waals surface area (Å²) in [7, 11) is 0. The van der Waals surface area contributed by atoms with E-state index in [1.807, 2.05) is 12.1 Å². The fourth-order valence-corrected chi connectivity index (χ4v) is 3.43. The zero-order chi connectivity index (χ0) is 19.9. The third-order valence-corrected chi connectivity index (χ3v) is 5.31. The van der Waals surface area contributed by atoms with Crippen molar-refractivity contribution in [2.45, 2.75) is 33.1 Å². The Morgan fingerprint density at radius 1 is 0.857 bits per heavy atom. The molecule has 0 amide bonds. The highest BCUT2D eigenvalue weighted by molar-refractivity contribution is 5.52. The van der Waals surface area contributed by atoms with Crippen molar-refractivity contribution in [1.82, 2.24) is 4.90 Å². The molecule has 2 aromatic carbocycles. The summed E-state index contributed by atoms with van der Waals surface area (Å²) >= 11 is 0. The lowest BCUT2D eigenvalue weighted by molar-refractivity contribution is 0.252. The van der Waals surface area contributed by atoms with Crippen LogP contribution in [0, 0.1) is 30.4 Å². The van der Waals surface area contributed by atoms with Crippen molar-refractivity contribution in [3.8, 4) is 11.8 Å². The highest BCUT2D eigenvalue weighted by atomic mass is 19.1. The molecule has 0 spiro atoms. The number of benzene rings is 2. The molecule has 3 rings (SSSR count). The zero-order valence-electron chi connectivity index (χ0n) is 16.8. The molecule has 1 aliphatic heterocycles. The molecule has 1 saturated heterocycles. The van der Waals surface area contributed by atoms with Gasteiger partial charge in [0.25, 0.3) is 0 Å². The molecule has 1 fully saturated rings. The van der Waals surface area contributed by atoms with Gasteiger partial charge in [-0.25, -0.2) is 8.78 Å². The number of unbranched alkanes of at least 4 members (excludes halogenated alkanes) is 2. The van der Waals surface area contributed by atoms with Gasteiger partial charge in [-0.15, -0.1) is 0 Å². The Morgan fingerprint density at radius 2 is 1.46 bits per heavy atom. The predicted octanol–water partition coefficient (Wildman–Crippen LogP) is 4.99. The van der Waals surface area contributed by atoms with E-state index < -0.39 is 11.6 Å². The summed E-state index contributed by atoms with van der Waals surface area (Å²) in [6, 6.07) is 10.6. The summed E-state index contributed by atoms with van der Waals surface area (Å²) in [6.07, 6.45) is 3.87. The van der Waals surface area contributed by atoms with E-state index in [0.29, 0.717) is 5.56 Å². The van der Waals surface area contributed by atoms with E-state index in [4.69, 9.17) is 0 Å². The molecule has 148 valence electrons. The van der Waals surface area contributed by atoms with Gasteiger partial charge in [-0.3, -0.25) is 4.90 Å². The van der Waals surface area contributed by atoms with Gasteiger partial charge in [-0.1, -0.05) is 31.6 Å². The Bertz CT molecular complexity index is 818. The number of anilines is 1. The number of hydrogen-bond acceptors (Lipinski definition) is 2. The molecule has 0 bridgehead atoms. The van der Waals surface area contributed by atoms with E-state index in [2.05, 4.69) is 40.7 Å². The second kappa shape index (κ2) is 9.71. The van der Waals surface area contributed by atoms with Crippen LogP contribution in [0.4, 0.5) is 14.5 Å². The van der Waals surface area contributed by atoms with E-state index in [9.17, 15) is 8.78 Å². The van der Waals surface area contributed by atoms with Crippen LogP contribution in [0.1, 0.15) is 42.9 Å². The van der Waals surface area contributed by atoms with Crippen molar-refractivity contribution < 1.29 is 8.78 Å². The lowest BCUT2D eigenvalue weighted by Gasteiger charge is -2.36. The molecular weight excluding hydrogens is 354 g/mol. The number of nitrogens with zero attached hydrogens (tertiary/aromatic N) is 2. The molecule has 0 aliphatic carbocycles. The molecule has 1 heterocycles. The average molecular weight is 382 g/mol. The second-order valence-electron chi connectivity index (χ2n) is 7.40. The quantitative estimate of drug-likeness (QED) is 0.531. The molecule has 4 heteroatoms. The van der Waals surface area contributed by atoms with Crippen LogP contribution in [-0.4, -0.2) is 37.6 Å². The van der Waals surface area contributed by atoms with Crippen molar-refractivity contribution >= 4 is 5.69 Å². The van der Waals surface area contributed by atoms with Gasteiger partial charge in [0.1, 0.15) is 11.6 Å². The summed E-state index contributed by atoms with van der Waals surface area (Å²) < 4.78 is 27.2. The molecular formula is C24H28F2N2. The van der Waals surface area contributed by atoms with E-state index >= 15 is 0 Å². The summed E-state index contributed by atoms with van der Waals surface area (Å²) in [4.78, 5) is 4.95. The maximum atomic E-state index is 13.6. The van der Waals surface area contributed by atoms with Gasteiger partial charge in [0, 0.05) is 48.6 Å². The minimum atomic E-state index is -0.562. The van der Waals surface area contributed by atoms with Crippen LogP contribution in [0.25, 0.3) is 0 Å². The molecule has 0 atom stereocenters. The monoisotopic (exact) mass is 382 g/mol. The summed E-state index contributed by atoms with van der Waals surface area (Å²) in [5.41, 5.74) is 2.42. The molecule has 0 radical (unpaired) electrons. The molecule has 0 saturated carbocycles. The van der Waals surface area contributed by atoms with E-state index in [-0.39, 0.29) is 5.56 Å². The topological polar surface area (TPSA) is 6.48 Å². The van der Waals surface area contributed by atoms with Crippen LogP contribution in [0.5, 0.6) is 0 Å². The van der Waals surface area contributed by atoms with Crippen molar-refractivity contribution in [2.24, 2.45) is 0 Å². The fraction of sp³-hybridized carbons (Fsp3) is 0.417. The average Bonchev–Trinajstić information content (AvgIpc) is 2.71. The minimum absolute atomic E-state index is 0.0281. The third-order valence-electron chi connectivity index (χ3n) is 5.31. The summed E-state index contributed by atoms with van der Waals surface area (Å²) in [5.74, 6) is 4.72. The predicted molar refractivity (Wildman–Crippen MR) is 112 cm³/mol. The second-order valence-corrected chi connectivity index (χ2v) is 7.40. The molecule has 28 heavy (non-hydrogen) atoms. The van der Waals surface area contributed by atoms with E-state index in [1.165, 1.54) is 50.6 Å². The Balaban J connectivity index is 1.58. The lowest BCUT2D eigenvalue weighted by Crippen LogP contribution is -2.46. The van der Waals surface area contributed by atoms with Crippen LogP contribution in [0.15, 0.2) is 36.4 Å². The Kier molecular flexibility index (Phi) is 7.06. The maximum absolute atomic E-state index is 13.6. The standard InChI is InChI=1S/C24H28F2N2/c1-3-4-5-12-27-13-15-28(16-14-27)22-10-8-20(9-11-22)6-7-21-17-23(25)19(2)24(26)18-21/h8-11,17-18H,3-5,12-16H2,1-2H3. The molecule has 0 aromatic heterocycles. The zero-order valence-corrected chi connectivity index (χ0v) is 16.8. The van der Waals surface area contributed by atoms with Gasteiger partial charge in [-0.2, -0.15) is 0 Å². The van der Waals surface area contributed by atoms with E-state index in [0.717, 1.165) is 31.7 Å². The molecule has 2 nitrogen and oxygen atoms in total. The normalized spacial score (nSPS) is 14.6. The SMILES string of the molecule is CCCCCN1CCN(c2ccc(C#Cc3cc(F)c(C)c(F)c3)cc2)CC1. The molecule has 0 unspecified atom stereocenters. The third kappa shape index (κ3) is 5.33. The molecule has 1 aliphatic rings. The minimum Gasteiger partial charge on any atom is -0.369 e. The van der Waals surface area contributed by atoms with Gasteiger partial charge in [-0.05, 0) is 56.3 Å². The highest BCUT2D eigenvalue weighted by Gasteiger charge is 2.16. The molecule has 2 aromatic rings. The maximum Gasteiger partial charge on any atom is 0.130 e. The van der Waals surface area contributed by atoms with Crippen LogP contribution in [0.2, 0.25) is 0 Å². The summed E-state index contributed by atoms with van der Waals surface area (Å²) in [5, 5.41) is 0. The van der Waals surface area contributed by atoms with Gasteiger partial charge in [0.05, 0.1) is 0 Å². The van der Waals surface area contributed by atoms with Crippen LogP contribution in [0.3, 0.4) is 0 Å². The van der Waals surface area contributed by atoms with Crippen molar-refractivity contribution in [1.29, 1.82) is 0 Å². The number of rotatable bonds is 5. The first-order chi connectivity index (χ1) is 13.6. The Hall–Kier alpha value is -2.38. The van der Waals surface area contributed by atoms with Crippen molar-refractivity contribution in [2.75, 3.05) is 37.6 Å². The number of piperazine rings is 1. The van der Waals surface area contributed by atoms with Crippen molar-refractivity contribution in [3.05, 3.63) is 64.7 Å². The summed E-state index contributed by atoms with van der Waals surface area (Å²) in [6.45, 7) is 9.16. The highest BCUT2D eigenvalue weighted by Crippen LogP contribution is 2.18. The first kappa shape index (κ1) is 20.4. The van der Waals surface area contributed by atoms with Gasteiger partial charge < -0.3 is 4.90 Å². The number of halogens is 2. The van der Waals surface area contributed by atoms with Gasteiger partial charge in [0.2, 0.25) is 0 Å². The first-order valence-corrected chi connectivity index (χ1v) is 10.1. The lowest BCUT2D eigenvalue weighted by atomic mass is 10.1. The number of hydrogen-bond donors (Lipinski definition) is 0. The smallest absolute Gasteiger partial charge is 0.130 e. The fourth-order valence-electron chi connectivity index (χ4n) is 3.43. The van der Waals surface area contributed by atoms with Crippen molar-refractivity contribution in [3.63, 3.8) is 0 Å². The van der Waals surface area contributed by atoms with Crippen LogP contribution in [-0.2, 0) is 0 Å². The first-order valence-electron chi connectivity index (χ1n) is 10.1. The van der Waals surface area contributed by atoms with Gasteiger partial charge in [0.15, 0.2) is 0 Å². The van der Waals surface area contributed by atoms with Crippen LogP contribution >= 0.6 is 0 Å². The Labute approximate surface area is 167 Å². The van der Waals surface area contributed by atoms with Gasteiger partial charge >= 0.3 is 0 Å².